The molecule has 19 heavy (non-hydrogen) atoms. The van der Waals surface area contributed by atoms with Crippen molar-refractivity contribution in [3.05, 3.63) is 29.3 Å². The summed E-state index contributed by atoms with van der Waals surface area (Å²) in [6.07, 6.45) is 0. The fraction of sp³-hybridized carbons (Fsp3) is 0.462. The minimum Gasteiger partial charge on any atom is -0.484 e. The molecule has 1 aliphatic heterocycles. The summed E-state index contributed by atoms with van der Waals surface area (Å²) in [5.41, 5.74) is 0. The Bertz CT molecular complexity index is 423. The number of nitrogens with zero attached hydrogens (tertiary/aromatic N) is 1. The second-order valence-electron chi connectivity index (χ2n) is 4.24. The van der Waals surface area contributed by atoms with Gasteiger partial charge in [-0.1, -0.05) is 11.6 Å². The van der Waals surface area contributed by atoms with Gasteiger partial charge < -0.3 is 19.5 Å². The smallest absolute Gasteiger partial charge is 0.260 e. The number of carbonyl (C=O) groups excluding carboxylic acids is 1. The average Bonchev–Trinajstić information content (AvgIpc) is 2.46. The van der Waals surface area contributed by atoms with E-state index in [0.717, 1.165) is 0 Å². The summed E-state index contributed by atoms with van der Waals surface area (Å²) in [4.78, 5) is 13.6. The third kappa shape index (κ3) is 3.83. The zero-order chi connectivity index (χ0) is 13.7. The number of aliphatic hydroxyl groups is 1. The molecule has 0 bridgehead atoms. The highest BCUT2D eigenvalue weighted by molar-refractivity contribution is 6.30. The van der Waals surface area contributed by atoms with E-state index < -0.39 is 0 Å². The van der Waals surface area contributed by atoms with Gasteiger partial charge >= 0.3 is 0 Å². The van der Waals surface area contributed by atoms with E-state index in [1.165, 1.54) is 0 Å². The largest absolute Gasteiger partial charge is 0.484 e. The van der Waals surface area contributed by atoms with Crippen LogP contribution in [0.25, 0.3) is 0 Å². The van der Waals surface area contributed by atoms with E-state index in [4.69, 9.17) is 21.1 Å². The zero-order valence-corrected chi connectivity index (χ0v) is 11.2. The van der Waals surface area contributed by atoms with Crippen LogP contribution >= 0.6 is 11.6 Å². The van der Waals surface area contributed by atoms with Crippen molar-refractivity contribution in [2.24, 2.45) is 0 Å². The molecule has 6 heteroatoms. The highest BCUT2D eigenvalue weighted by Gasteiger charge is 2.26. The van der Waals surface area contributed by atoms with Gasteiger partial charge in [-0.3, -0.25) is 4.79 Å². The second kappa shape index (κ2) is 6.75. The number of amides is 1. The van der Waals surface area contributed by atoms with Gasteiger partial charge in [0.25, 0.3) is 5.91 Å². The molecule has 0 saturated carbocycles. The molecule has 0 aliphatic carbocycles. The lowest BCUT2D eigenvalue weighted by Gasteiger charge is -2.34. The number of benzene rings is 1. The first kappa shape index (κ1) is 14.1. The number of halogens is 1. The van der Waals surface area contributed by atoms with Gasteiger partial charge in [-0.05, 0) is 24.3 Å². The van der Waals surface area contributed by atoms with Crippen LogP contribution in [0, 0.1) is 0 Å². The molecule has 1 heterocycles. The molecule has 1 aliphatic rings. The van der Waals surface area contributed by atoms with Crippen LogP contribution in [0.1, 0.15) is 0 Å². The van der Waals surface area contributed by atoms with Gasteiger partial charge in [0, 0.05) is 11.6 Å². The highest BCUT2D eigenvalue weighted by Crippen LogP contribution is 2.16. The zero-order valence-electron chi connectivity index (χ0n) is 10.4. The molecule has 104 valence electrons. The Balaban J connectivity index is 1.87. The molecular formula is C13H16ClNO4. The van der Waals surface area contributed by atoms with Crippen molar-refractivity contribution in [2.75, 3.05) is 33.0 Å². The minimum atomic E-state index is -0.282. The fourth-order valence-electron chi connectivity index (χ4n) is 1.89. The van der Waals surface area contributed by atoms with Crippen LogP contribution < -0.4 is 4.74 Å². The fourth-order valence-corrected chi connectivity index (χ4v) is 2.02. The molecule has 1 atom stereocenters. The average molecular weight is 286 g/mol. The molecule has 0 spiro atoms. The van der Waals surface area contributed by atoms with E-state index >= 15 is 0 Å². The van der Waals surface area contributed by atoms with E-state index in [1.807, 2.05) is 0 Å². The highest BCUT2D eigenvalue weighted by atomic mass is 35.5. The summed E-state index contributed by atoms with van der Waals surface area (Å²) < 4.78 is 10.6. The Labute approximate surface area is 116 Å². The number of hydrogen-bond acceptors (Lipinski definition) is 4. The molecule has 1 unspecified atom stereocenters. The van der Waals surface area contributed by atoms with Gasteiger partial charge in [0.05, 0.1) is 25.9 Å². The Morgan fingerprint density at radius 1 is 1.47 bits per heavy atom. The predicted octanol–water partition coefficient (Wildman–Crippen LogP) is 0.938. The number of morpholine rings is 1. The van der Waals surface area contributed by atoms with Gasteiger partial charge in [0.1, 0.15) is 5.75 Å². The number of rotatable bonds is 4. The summed E-state index contributed by atoms with van der Waals surface area (Å²) >= 11 is 5.76. The molecule has 0 aromatic heterocycles. The van der Waals surface area contributed by atoms with Gasteiger partial charge in [-0.15, -0.1) is 0 Å². The Morgan fingerprint density at radius 3 is 2.89 bits per heavy atom. The Kier molecular flexibility index (Phi) is 5.01. The topological polar surface area (TPSA) is 59.0 Å². The summed E-state index contributed by atoms with van der Waals surface area (Å²) in [5, 5.41) is 9.81. The van der Waals surface area contributed by atoms with Gasteiger partial charge in [0.15, 0.2) is 6.61 Å². The molecule has 1 amide bonds. The number of ether oxygens (including phenoxy) is 2. The lowest BCUT2D eigenvalue weighted by molar-refractivity contribution is -0.143. The van der Waals surface area contributed by atoms with Crippen molar-refractivity contribution >= 4 is 17.5 Å². The third-order valence-corrected chi connectivity index (χ3v) is 3.19. The van der Waals surface area contributed by atoms with Crippen LogP contribution in [0.4, 0.5) is 0 Å². The second-order valence-corrected chi connectivity index (χ2v) is 4.68. The van der Waals surface area contributed by atoms with Crippen LogP contribution in [0.5, 0.6) is 5.75 Å². The minimum absolute atomic E-state index is 0.0574. The summed E-state index contributed by atoms with van der Waals surface area (Å²) in [6.45, 7) is 1.17. The molecule has 2 rings (SSSR count). The first-order valence-electron chi connectivity index (χ1n) is 6.07. The van der Waals surface area contributed by atoms with Crippen molar-refractivity contribution in [3.63, 3.8) is 0 Å². The van der Waals surface area contributed by atoms with E-state index in [-0.39, 0.29) is 25.2 Å². The van der Waals surface area contributed by atoms with Crippen molar-refractivity contribution in [1.29, 1.82) is 0 Å². The van der Waals surface area contributed by atoms with Crippen LogP contribution in [-0.4, -0.2) is 54.9 Å². The van der Waals surface area contributed by atoms with Gasteiger partial charge in [0.2, 0.25) is 0 Å². The van der Waals surface area contributed by atoms with Crippen LogP contribution in [0.15, 0.2) is 24.3 Å². The molecule has 1 aromatic carbocycles. The standard InChI is InChI=1S/C13H16ClNO4/c14-10-1-3-12(4-2-10)19-9-13(17)15-5-6-18-8-11(15)7-16/h1-4,11,16H,5-9H2. The molecule has 1 N–H and O–H groups in total. The van der Waals surface area contributed by atoms with Crippen LogP contribution in [0.3, 0.4) is 0 Å². The lowest BCUT2D eigenvalue weighted by atomic mass is 10.2. The third-order valence-electron chi connectivity index (χ3n) is 2.93. The van der Waals surface area contributed by atoms with Crippen LogP contribution in [0.2, 0.25) is 5.02 Å². The number of hydrogen-bond donors (Lipinski definition) is 1. The van der Waals surface area contributed by atoms with Gasteiger partial charge in [-0.25, -0.2) is 0 Å². The van der Waals surface area contributed by atoms with E-state index in [2.05, 4.69) is 0 Å². The quantitative estimate of drug-likeness (QED) is 0.894. The molecule has 1 fully saturated rings. The molecular weight excluding hydrogens is 270 g/mol. The van der Waals surface area contributed by atoms with E-state index in [9.17, 15) is 9.90 Å². The van der Waals surface area contributed by atoms with E-state index in [0.29, 0.717) is 30.5 Å². The lowest BCUT2D eigenvalue weighted by Crippen LogP contribution is -2.51. The van der Waals surface area contributed by atoms with Crippen molar-refractivity contribution in [1.82, 2.24) is 4.90 Å². The summed E-state index contributed by atoms with van der Waals surface area (Å²) in [5.74, 6) is 0.434. The van der Waals surface area contributed by atoms with Gasteiger partial charge in [-0.2, -0.15) is 0 Å². The maximum atomic E-state index is 12.0. The molecule has 1 aromatic rings. The molecule has 5 nitrogen and oxygen atoms in total. The SMILES string of the molecule is O=C(COc1ccc(Cl)cc1)N1CCOCC1CO. The predicted molar refractivity (Wildman–Crippen MR) is 70.4 cm³/mol. The first-order valence-corrected chi connectivity index (χ1v) is 6.45. The Hall–Kier alpha value is -1.30. The number of carbonyl (C=O) groups is 1. The monoisotopic (exact) mass is 285 g/mol. The maximum absolute atomic E-state index is 12.0. The summed E-state index contributed by atoms with van der Waals surface area (Å²) in [6, 6.07) is 6.53. The van der Waals surface area contributed by atoms with Crippen molar-refractivity contribution in [3.8, 4) is 5.75 Å². The Morgan fingerprint density at radius 2 is 2.21 bits per heavy atom. The summed E-state index contributed by atoms with van der Waals surface area (Å²) in [7, 11) is 0. The van der Waals surface area contributed by atoms with Crippen LogP contribution in [-0.2, 0) is 9.53 Å². The molecule has 1 saturated heterocycles. The first-order chi connectivity index (χ1) is 9.20. The normalized spacial score (nSPS) is 19.3. The van der Waals surface area contributed by atoms with Crippen molar-refractivity contribution in [2.45, 2.75) is 6.04 Å². The van der Waals surface area contributed by atoms with Crippen molar-refractivity contribution < 1.29 is 19.4 Å². The maximum Gasteiger partial charge on any atom is 0.260 e. The number of aliphatic hydroxyl groups excluding tert-OH is 1. The molecule has 0 radical (unpaired) electrons. The van der Waals surface area contributed by atoms with E-state index in [1.54, 1.807) is 29.2 Å².